The van der Waals surface area contributed by atoms with Crippen LogP contribution in [0.3, 0.4) is 0 Å². The molecular formula is C16H17NO3S2. The molecule has 0 atom stereocenters. The first kappa shape index (κ1) is 16.6. The van der Waals surface area contributed by atoms with Crippen molar-refractivity contribution in [1.29, 1.82) is 0 Å². The monoisotopic (exact) mass is 335 g/mol. The smallest absolute Gasteiger partial charge is 0.270 e. The molecule has 0 N–H and O–H groups in total. The van der Waals surface area contributed by atoms with Crippen LogP contribution in [0.5, 0.6) is 0 Å². The van der Waals surface area contributed by atoms with Crippen molar-refractivity contribution in [1.82, 2.24) is 4.98 Å². The first-order valence-corrected chi connectivity index (χ1v) is 8.84. The van der Waals surface area contributed by atoms with Gasteiger partial charge in [-0.2, -0.15) is 8.42 Å². The summed E-state index contributed by atoms with van der Waals surface area (Å²) in [6, 6.07) is 14.7. The lowest BCUT2D eigenvalue weighted by atomic mass is 10.2. The lowest BCUT2D eigenvalue weighted by Crippen LogP contribution is -2.02. The van der Waals surface area contributed by atoms with E-state index in [-0.39, 0.29) is 4.90 Å². The summed E-state index contributed by atoms with van der Waals surface area (Å²) in [5.74, 6) is 0. The molecule has 4 nitrogen and oxygen atoms in total. The largest absolute Gasteiger partial charge is 0.296 e. The van der Waals surface area contributed by atoms with E-state index in [9.17, 15) is 8.42 Å². The highest BCUT2D eigenvalue weighted by Gasteiger charge is 2.11. The van der Waals surface area contributed by atoms with Crippen molar-refractivity contribution in [3.05, 3.63) is 59.1 Å². The third-order valence-electron chi connectivity index (χ3n) is 2.93. The van der Waals surface area contributed by atoms with Gasteiger partial charge in [0.15, 0.2) is 0 Å². The van der Waals surface area contributed by atoms with Gasteiger partial charge in [-0.15, -0.1) is 11.3 Å². The molecule has 2 aromatic carbocycles. The third kappa shape index (κ3) is 4.13. The Hall–Kier alpha value is -1.76. The Kier molecular flexibility index (Phi) is 5.28. The highest BCUT2D eigenvalue weighted by atomic mass is 32.2. The average molecular weight is 335 g/mol. The molecule has 0 radical (unpaired) electrons. The minimum atomic E-state index is -3.51. The third-order valence-corrected chi connectivity index (χ3v) is 5.17. The molecule has 1 aromatic heterocycles. The number of benzene rings is 2. The predicted molar refractivity (Wildman–Crippen MR) is 89.7 cm³/mol. The second kappa shape index (κ2) is 7.00. The van der Waals surface area contributed by atoms with Crippen LogP contribution in [0.2, 0.25) is 0 Å². The average Bonchev–Trinajstić information content (AvgIpc) is 2.88. The molecule has 22 heavy (non-hydrogen) atoms. The Balaban J connectivity index is 0.000000162. The highest BCUT2D eigenvalue weighted by Crippen LogP contribution is 2.19. The maximum Gasteiger partial charge on any atom is 0.296 e. The number of nitrogens with zero attached hydrogens (tertiary/aromatic N) is 1. The number of para-hydroxylation sites is 1. The van der Waals surface area contributed by atoms with Crippen molar-refractivity contribution < 1.29 is 12.6 Å². The molecule has 0 unspecified atom stereocenters. The zero-order chi connectivity index (χ0) is 16.2. The summed E-state index contributed by atoms with van der Waals surface area (Å²) < 4.78 is 27.8. The Labute approximate surface area is 134 Å². The molecule has 6 heteroatoms. The summed E-state index contributed by atoms with van der Waals surface area (Å²) in [5.41, 5.74) is 2.13. The molecule has 0 aliphatic carbocycles. The molecule has 0 bridgehead atoms. The number of hydrogen-bond acceptors (Lipinski definition) is 5. The second-order valence-corrected chi connectivity index (χ2v) is 7.58. The van der Waals surface area contributed by atoms with Crippen molar-refractivity contribution in [2.24, 2.45) is 0 Å². The van der Waals surface area contributed by atoms with Crippen LogP contribution in [-0.4, -0.2) is 20.5 Å². The van der Waals surface area contributed by atoms with Gasteiger partial charge in [0.25, 0.3) is 10.1 Å². The fourth-order valence-corrected chi connectivity index (χ4v) is 3.28. The van der Waals surface area contributed by atoms with Crippen LogP contribution in [0.25, 0.3) is 10.2 Å². The number of aromatic nitrogens is 1. The van der Waals surface area contributed by atoms with Crippen molar-refractivity contribution in [3.8, 4) is 0 Å². The van der Waals surface area contributed by atoms with Crippen molar-refractivity contribution in [2.45, 2.75) is 18.7 Å². The van der Waals surface area contributed by atoms with Gasteiger partial charge in [0.05, 0.1) is 27.2 Å². The summed E-state index contributed by atoms with van der Waals surface area (Å²) in [4.78, 5) is 4.52. The molecule has 0 amide bonds. The normalized spacial score (nSPS) is 11.0. The van der Waals surface area contributed by atoms with Crippen LogP contribution < -0.4 is 0 Å². The van der Waals surface area contributed by atoms with Gasteiger partial charge < -0.3 is 0 Å². The Morgan fingerprint density at radius 1 is 1.00 bits per heavy atom. The van der Waals surface area contributed by atoms with E-state index in [0.29, 0.717) is 0 Å². The van der Waals surface area contributed by atoms with Gasteiger partial charge in [-0.3, -0.25) is 4.18 Å². The van der Waals surface area contributed by atoms with E-state index >= 15 is 0 Å². The molecule has 0 fully saturated rings. The van der Waals surface area contributed by atoms with Crippen LogP contribution in [0.15, 0.2) is 53.4 Å². The molecular weight excluding hydrogens is 318 g/mol. The number of aryl methyl sites for hydroxylation is 2. The molecule has 0 spiro atoms. The number of fused-ring (bicyclic) bond motifs is 1. The van der Waals surface area contributed by atoms with Gasteiger partial charge in [0.2, 0.25) is 0 Å². The first-order chi connectivity index (χ1) is 10.4. The first-order valence-electron chi connectivity index (χ1n) is 6.62. The molecule has 0 aliphatic heterocycles. The standard InChI is InChI=1S/C8H7NS.C8H10O3S/c1-6-9-7-4-2-3-5-8(7)10-6;1-7-3-5-8(6-4-7)12(9,10)11-2/h2-5H,1H3;3-6H,1-2H3. The minimum absolute atomic E-state index is 0.190. The highest BCUT2D eigenvalue weighted by molar-refractivity contribution is 7.86. The topological polar surface area (TPSA) is 56.3 Å². The van der Waals surface area contributed by atoms with Gasteiger partial charge in [-0.05, 0) is 38.1 Å². The van der Waals surface area contributed by atoms with Gasteiger partial charge in [0.1, 0.15) is 0 Å². The summed E-state index contributed by atoms with van der Waals surface area (Å²) >= 11 is 1.74. The van der Waals surface area contributed by atoms with E-state index < -0.39 is 10.1 Å². The number of rotatable bonds is 2. The van der Waals surface area contributed by atoms with Crippen LogP contribution in [0, 0.1) is 13.8 Å². The summed E-state index contributed by atoms with van der Waals surface area (Å²) in [7, 11) is -2.37. The predicted octanol–water partition coefficient (Wildman–Crippen LogP) is 3.93. The zero-order valence-electron chi connectivity index (χ0n) is 12.6. The fraction of sp³-hybridized carbons (Fsp3) is 0.188. The van der Waals surface area contributed by atoms with E-state index in [4.69, 9.17) is 0 Å². The lowest BCUT2D eigenvalue weighted by Gasteiger charge is -2.00. The van der Waals surface area contributed by atoms with E-state index in [1.165, 1.54) is 16.8 Å². The molecule has 116 valence electrons. The van der Waals surface area contributed by atoms with Crippen LogP contribution >= 0.6 is 11.3 Å². The van der Waals surface area contributed by atoms with Crippen molar-refractivity contribution in [2.75, 3.05) is 7.11 Å². The lowest BCUT2D eigenvalue weighted by molar-refractivity contribution is 0.398. The Morgan fingerprint density at radius 2 is 1.64 bits per heavy atom. The van der Waals surface area contributed by atoms with Gasteiger partial charge in [-0.1, -0.05) is 29.8 Å². The molecule has 0 saturated carbocycles. The Morgan fingerprint density at radius 3 is 2.23 bits per heavy atom. The van der Waals surface area contributed by atoms with Gasteiger partial charge in [-0.25, -0.2) is 4.98 Å². The van der Waals surface area contributed by atoms with Crippen molar-refractivity contribution >= 4 is 31.7 Å². The maximum absolute atomic E-state index is 11.1. The van der Waals surface area contributed by atoms with Crippen LogP contribution in [-0.2, 0) is 14.3 Å². The quantitative estimate of drug-likeness (QED) is 0.666. The summed E-state index contributed by atoms with van der Waals surface area (Å²) in [5, 5.41) is 1.14. The summed E-state index contributed by atoms with van der Waals surface area (Å²) in [6.45, 7) is 3.92. The van der Waals surface area contributed by atoms with Crippen LogP contribution in [0.1, 0.15) is 10.6 Å². The molecule has 0 aliphatic rings. The zero-order valence-corrected chi connectivity index (χ0v) is 14.2. The maximum atomic E-state index is 11.1. The fourth-order valence-electron chi connectivity index (χ4n) is 1.79. The molecule has 1 heterocycles. The van der Waals surface area contributed by atoms with E-state index in [1.54, 1.807) is 23.5 Å². The Bertz CT molecular complexity index is 819. The van der Waals surface area contributed by atoms with E-state index in [2.05, 4.69) is 15.2 Å². The van der Waals surface area contributed by atoms with E-state index in [0.717, 1.165) is 23.2 Å². The molecule has 3 rings (SSSR count). The number of hydrogen-bond donors (Lipinski definition) is 0. The second-order valence-electron chi connectivity index (χ2n) is 4.63. The van der Waals surface area contributed by atoms with Crippen LogP contribution in [0.4, 0.5) is 0 Å². The van der Waals surface area contributed by atoms with Gasteiger partial charge in [0, 0.05) is 0 Å². The molecule has 3 aromatic rings. The molecule has 0 saturated heterocycles. The van der Waals surface area contributed by atoms with E-state index in [1.807, 2.05) is 32.0 Å². The van der Waals surface area contributed by atoms with Crippen molar-refractivity contribution in [3.63, 3.8) is 0 Å². The SMILES string of the molecule is COS(=O)(=O)c1ccc(C)cc1.Cc1nc2ccccc2s1. The minimum Gasteiger partial charge on any atom is -0.270 e. The summed E-state index contributed by atoms with van der Waals surface area (Å²) in [6.07, 6.45) is 0. The van der Waals surface area contributed by atoms with Gasteiger partial charge >= 0.3 is 0 Å². The number of thiazole rings is 1.